The summed E-state index contributed by atoms with van der Waals surface area (Å²) in [6, 6.07) is 1.94. The van der Waals surface area contributed by atoms with Crippen molar-refractivity contribution in [1.82, 2.24) is 15.3 Å². The van der Waals surface area contributed by atoms with E-state index < -0.39 is 5.60 Å². The normalized spacial score (nSPS) is 18.1. The predicted molar refractivity (Wildman–Crippen MR) is 83.2 cm³/mol. The van der Waals surface area contributed by atoms with Crippen LogP contribution in [0, 0.1) is 0 Å². The molecule has 1 fully saturated rings. The highest BCUT2D eigenvalue weighted by Crippen LogP contribution is 2.38. The van der Waals surface area contributed by atoms with Crippen molar-refractivity contribution in [2.75, 3.05) is 6.61 Å². The number of nitrogens with one attached hydrogen (secondary N) is 2. The van der Waals surface area contributed by atoms with Crippen LogP contribution in [0.4, 0.5) is 0 Å². The summed E-state index contributed by atoms with van der Waals surface area (Å²) in [5, 5.41) is 3.31. The van der Waals surface area contributed by atoms with E-state index in [0.717, 1.165) is 31.4 Å². The Balaban J connectivity index is 2.29. The van der Waals surface area contributed by atoms with Gasteiger partial charge in [-0.2, -0.15) is 0 Å². The van der Waals surface area contributed by atoms with Gasteiger partial charge in [0.05, 0.1) is 5.69 Å². The fraction of sp³-hybridized carbons (Fsp3) is 0.750. The first-order chi connectivity index (χ1) is 10.1. The maximum atomic E-state index is 12.0. The van der Waals surface area contributed by atoms with Crippen molar-refractivity contribution < 1.29 is 4.74 Å². The molecule has 0 aliphatic heterocycles. The number of nitrogens with zero attached hydrogens (tertiary/aromatic N) is 1. The second-order valence-electron chi connectivity index (χ2n) is 6.11. The van der Waals surface area contributed by atoms with E-state index in [1.807, 2.05) is 6.92 Å². The highest BCUT2D eigenvalue weighted by Gasteiger charge is 2.37. The second-order valence-corrected chi connectivity index (χ2v) is 6.11. The molecule has 0 unspecified atom stereocenters. The lowest BCUT2D eigenvalue weighted by atomic mass is 9.83. The highest BCUT2D eigenvalue weighted by atomic mass is 16.5. The fourth-order valence-corrected chi connectivity index (χ4v) is 2.97. The summed E-state index contributed by atoms with van der Waals surface area (Å²) in [5.41, 5.74) is 0.289. The minimum absolute atomic E-state index is 0.0924. The Hall–Kier alpha value is -1.20. The van der Waals surface area contributed by atoms with E-state index in [9.17, 15) is 4.79 Å². The summed E-state index contributed by atoms with van der Waals surface area (Å²) in [7, 11) is 0. The van der Waals surface area contributed by atoms with Crippen molar-refractivity contribution in [3.63, 3.8) is 0 Å². The van der Waals surface area contributed by atoms with Gasteiger partial charge in [0.15, 0.2) is 0 Å². The Bertz CT molecular complexity index is 499. The van der Waals surface area contributed by atoms with Gasteiger partial charge in [0.2, 0.25) is 0 Å². The zero-order chi connectivity index (χ0) is 15.3. The molecule has 0 radical (unpaired) electrons. The van der Waals surface area contributed by atoms with Crippen molar-refractivity contribution in [2.24, 2.45) is 0 Å². The van der Waals surface area contributed by atoms with Crippen LogP contribution in [-0.4, -0.2) is 22.6 Å². The molecule has 0 amide bonds. The molecule has 5 nitrogen and oxygen atoms in total. The van der Waals surface area contributed by atoms with Crippen LogP contribution in [0.3, 0.4) is 0 Å². The Morgan fingerprint density at radius 1 is 1.38 bits per heavy atom. The van der Waals surface area contributed by atoms with Crippen molar-refractivity contribution in [3.8, 4) is 0 Å². The van der Waals surface area contributed by atoms with Crippen LogP contribution in [0.15, 0.2) is 10.9 Å². The quantitative estimate of drug-likeness (QED) is 0.845. The summed E-state index contributed by atoms with van der Waals surface area (Å²) in [5.74, 6) is 0.706. The lowest BCUT2D eigenvalue weighted by Crippen LogP contribution is -2.37. The van der Waals surface area contributed by atoms with Crippen LogP contribution in [0.1, 0.15) is 64.4 Å². The van der Waals surface area contributed by atoms with Gasteiger partial charge < -0.3 is 15.0 Å². The number of aromatic amines is 1. The molecule has 118 valence electrons. The maximum Gasteiger partial charge on any atom is 0.251 e. The summed E-state index contributed by atoms with van der Waals surface area (Å²) < 4.78 is 6.04. The molecule has 1 aliphatic carbocycles. The Labute approximate surface area is 126 Å². The van der Waals surface area contributed by atoms with Gasteiger partial charge in [-0.3, -0.25) is 4.79 Å². The van der Waals surface area contributed by atoms with Gasteiger partial charge in [0, 0.05) is 25.3 Å². The Morgan fingerprint density at radius 3 is 2.71 bits per heavy atom. The Kier molecular flexibility index (Phi) is 5.53. The SMILES string of the molecule is CCOC1(c2nc(CNC(C)C)cc(=O)[nH]2)CCCCC1. The lowest BCUT2D eigenvalue weighted by molar-refractivity contribution is -0.0769. The van der Waals surface area contributed by atoms with E-state index in [0.29, 0.717) is 25.0 Å². The Morgan fingerprint density at radius 2 is 2.10 bits per heavy atom. The van der Waals surface area contributed by atoms with Gasteiger partial charge >= 0.3 is 0 Å². The number of ether oxygens (including phenoxy) is 1. The summed E-state index contributed by atoms with van der Waals surface area (Å²) in [6.07, 6.45) is 5.35. The molecule has 1 saturated carbocycles. The summed E-state index contributed by atoms with van der Waals surface area (Å²) in [6.45, 7) is 7.40. The van der Waals surface area contributed by atoms with Crippen LogP contribution in [0.2, 0.25) is 0 Å². The van der Waals surface area contributed by atoms with Crippen LogP contribution in [-0.2, 0) is 16.9 Å². The molecule has 2 N–H and O–H groups in total. The molecular formula is C16H27N3O2. The first-order valence-corrected chi connectivity index (χ1v) is 8.04. The summed E-state index contributed by atoms with van der Waals surface area (Å²) >= 11 is 0. The molecule has 1 heterocycles. The van der Waals surface area contributed by atoms with E-state index in [2.05, 4.69) is 29.1 Å². The number of rotatable bonds is 6. The fourth-order valence-electron chi connectivity index (χ4n) is 2.97. The first-order valence-electron chi connectivity index (χ1n) is 8.04. The molecule has 0 bridgehead atoms. The van der Waals surface area contributed by atoms with Crippen molar-refractivity contribution in [2.45, 2.75) is 71.1 Å². The van der Waals surface area contributed by atoms with Gasteiger partial charge in [0.25, 0.3) is 5.56 Å². The second kappa shape index (κ2) is 7.18. The van der Waals surface area contributed by atoms with Gasteiger partial charge in [-0.25, -0.2) is 4.98 Å². The minimum atomic E-state index is -0.403. The van der Waals surface area contributed by atoms with Gasteiger partial charge in [0.1, 0.15) is 11.4 Å². The van der Waals surface area contributed by atoms with Crippen molar-refractivity contribution in [3.05, 3.63) is 27.9 Å². The average molecular weight is 293 g/mol. The maximum absolute atomic E-state index is 12.0. The third kappa shape index (κ3) is 4.14. The molecule has 1 aromatic rings. The molecular weight excluding hydrogens is 266 g/mol. The highest BCUT2D eigenvalue weighted by molar-refractivity contribution is 5.10. The molecule has 0 aromatic carbocycles. The van der Waals surface area contributed by atoms with Gasteiger partial charge in [-0.05, 0) is 19.8 Å². The molecule has 1 aliphatic rings. The molecule has 2 rings (SSSR count). The molecule has 0 atom stereocenters. The molecule has 5 heteroatoms. The zero-order valence-corrected chi connectivity index (χ0v) is 13.4. The van der Waals surface area contributed by atoms with Gasteiger partial charge in [-0.1, -0.05) is 33.1 Å². The van der Waals surface area contributed by atoms with E-state index in [-0.39, 0.29) is 5.56 Å². The monoisotopic (exact) mass is 293 g/mol. The standard InChI is InChI=1S/C16H27N3O2/c1-4-21-16(8-6-5-7-9-16)15-18-13(10-14(20)19-15)11-17-12(2)3/h10,12,17H,4-9,11H2,1-3H3,(H,18,19,20). The topological polar surface area (TPSA) is 67.0 Å². The molecule has 0 spiro atoms. The molecule has 1 aromatic heterocycles. The third-order valence-electron chi connectivity index (χ3n) is 4.00. The minimum Gasteiger partial charge on any atom is -0.367 e. The van der Waals surface area contributed by atoms with E-state index >= 15 is 0 Å². The summed E-state index contributed by atoms with van der Waals surface area (Å²) in [4.78, 5) is 19.6. The zero-order valence-electron chi connectivity index (χ0n) is 13.4. The lowest BCUT2D eigenvalue weighted by Gasteiger charge is -2.36. The van der Waals surface area contributed by atoms with Crippen molar-refractivity contribution in [1.29, 1.82) is 0 Å². The van der Waals surface area contributed by atoms with E-state index in [1.165, 1.54) is 6.42 Å². The third-order valence-corrected chi connectivity index (χ3v) is 4.00. The van der Waals surface area contributed by atoms with Gasteiger partial charge in [-0.15, -0.1) is 0 Å². The number of hydrogen-bond donors (Lipinski definition) is 2. The predicted octanol–water partition coefficient (Wildman–Crippen LogP) is 2.46. The van der Waals surface area contributed by atoms with Crippen LogP contribution in [0.25, 0.3) is 0 Å². The number of H-pyrrole nitrogens is 1. The van der Waals surface area contributed by atoms with Crippen LogP contribution >= 0.6 is 0 Å². The van der Waals surface area contributed by atoms with Crippen LogP contribution in [0.5, 0.6) is 0 Å². The van der Waals surface area contributed by atoms with Crippen molar-refractivity contribution >= 4 is 0 Å². The number of hydrogen-bond acceptors (Lipinski definition) is 4. The number of aromatic nitrogens is 2. The molecule has 0 saturated heterocycles. The average Bonchev–Trinajstić information content (AvgIpc) is 2.46. The molecule has 21 heavy (non-hydrogen) atoms. The largest absolute Gasteiger partial charge is 0.367 e. The van der Waals surface area contributed by atoms with E-state index in [4.69, 9.17) is 4.74 Å². The van der Waals surface area contributed by atoms with Crippen LogP contribution < -0.4 is 10.9 Å². The smallest absolute Gasteiger partial charge is 0.251 e. The van der Waals surface area contributed by atoms with E-state index in [1.54, 1.807) is 6.07 Å². The first kappa shape index (κ1) is 16.2.